The van der Waals surface area contributed by atoms with Gasteiger partial charge in [0.2, 0.25) is 0 Å². The number of hydrogen-bond acceptors (Lipinski definition) is 7. The number of para-hydroxylation sites is 3. The van der Waals surface area contributed by atoms with Crippen LogP contribution in [0.15, 0.2) is 89.3 Å². The van der Waals surface area contributed by atoms with Gasteiger partial charge in [-0.05, 0) is 66.8 Å². The second kappa shape index (κ2) is 12.2. The van der Waals surface area contributed by atoms with Crippen molar-refractivity contribution in [1.29, 1.82) is 0 Å². The monoisotopic (exact) mass is 589 g/mol. The molecule has 0 radical (unpaired) electrons. The number of piperazine rings is 1. The molecule has 0 aliphatic carbocycles. The van der Waals surface area contributed by atoms with Crippen LogP contribution in [0.1, 0.15) is 20.9 Å². The van der Waals surface area contributed by atoms with Crippen molar-refractivity contribution in [2.75, 3.05) is 36.4 Å². The Labute approximate surface area is 245 Å². The van der Waals surface area contributed by atoms with Gasteiger partial charge in [0.1, 0.15) is 5.76 Å². The number of carbonyl (C=O) groups excluding carboxylic acids is 2. The summed E-state index contributed by atoms with van der Waals surface area (Å²) in [6.07, 6.45) is 0. The lowest BCUT2D eigenvalue weighted by molar-refractivity contribution is -0.384. The SMILES string of the molecule is O=C(NC(=S)Nc1ccccc1N1CCN(C(=O)c2ccc(Cl)cc2)CC1)c1ccc(-c2ccccc2[N+](=O)[O-])o1. The van der Waals surface area contributed by atoms with E-state index in [-0.39, 0.29) is 33.8 Å². The second-order valence-electron chi connectivity index (χ2n) is 9.15. The molecule has 10 nitrogen and oxygen atoms in total. The highest BCUT2D eigenvalue weighted by molar-refractivity contribution is 7.80. The highest BCUT2D eigenvalue weighted by Crippen LogP contribution is 2.31. The van der Waals surface area contributed by atoms with Crippen LogP contribution in [-0.2, 0) is 0 Å². The maximum absolute atomic E-state index is 12.9. The van der Waals surface area contributed by atoms with Crippen molar-refractivity contribution >= 4 is 57.8 Å². The number of benzene rings is 3. The first-order valence-electron chi connectivity index (χ1n) is 12.6. The fourth-order valence-electron chi connectivity index (χ4n) is 4.54. The van der Waals surface area contributed by atoms with Gasteiger partial charge in [-0.15, -0.1) is 0 Å². The summed E-state index contributed by atoms with van der Waals surface area (Å²) in [5.41, 5.74) is 2.30. The third-order valence-corrected chi connectivity index (χ3v) is 7.03. The lowest BCUT2D eigenvalue weighted by atomic mass is 10.1. The first-order chi connectivity index (χ1) is 19.8. The molecule has 1 aliphatic rings. The summed E-state index contributed by atoms with van der Waals surface area (Å²) in [4.78, 5) is 40.5. The van der Waals surface area contributed by atoms with E-state index < -0.39 is 10.8 Å². The first kappa shape index (κ1) is 27.8. The Kier molecular flexibility index (Phi) is 8.27. The number of hydrogen-bond donors (Lipinski definition) is 2. The number of anilines is 2. The van der Waals surface area contributed by atoms with E-state index in [4.69, 9.17) is 28.2 Å². The Hall–Kier alpha value is -4.74. The normalized spacial score (nSPS) is 13.0. The molecule has 0 unspecified atom stereocenters. The van der Waals surface area contributed by atoms with Crippen LogP contribution in [0, 0.1) is 10.1 Å². The minimum Gasteiger partial charge on any atom is -0.451 e. The first-order valence-corrected chi connectivity index (χ1v) is 13.4. The van der Waals surface area contributed by atoms with E-state index in [2.05, 4.69) is 15.5 Å². The molecular formula is C29H24ClN5O5S. The summed E-state index contributed by atoms with van der Waals surface area (Å²) in [5.74, 6) is -0.490. The average molecular weight is 590 g/mol. The number of nitro groups is 1. The van der Waals surface area contributed by atoms with Crippen LogP contribution in [0.4, 0.5) is 17.1 Å². The van der Waals surface area contributed by atoms with Crippen molar-refractivity contribution < 1.29 is 18.9 Å². The minimum atomic E-state index is -0.598. The van der Waals surface area contributed by atoms with Crippen molar-refractivity contribution in [2.45, 2.75) is 0 Å². The fraction of sp³-hybridized carbons (Fsp3) is 0.138. The van der Waals surface area contributed by atoms with Crippen LogP contribution >= 0.6 is 23.8 Å². The predicted octanol–water partition coefficient (Wildman–Crippen LogP) is 5.60. The van der Waals surface area contributed by atoms with Gasteiger partial charge in [0.15, 0.2) is 10.9 Å². The Morgan fingerprint density at radius 3 is 2.32 bits per heavy atom. The van der Waals surface area contributed by atoms with Gasteiger partial charge in [-0.3, -0.25) is 25.0 Å². The highest BCUT2D eigenvalue weighted by atomic mass is 35.5. The summed E-state index contributed by atoms with van der Waals surface area (Å²) < 4.78 is 5.61. The number of rotatable bonds is 6. The number of halogens is 1. The topological polar surface area (TPSA) is 121 Å². The van der Waals surface area contributed by atoms with Gasteiger partial charge < -0.3 is 19.5 Å². The van der Waals surface area contributed by atoms with E-state index in [9.17, 15) is 19.7 Å². The molecule has 1 saturated heterocycles. The van der Waals surface area contributed by atoms with Crippen LogP contribution in [0.25, 0.3) is 11.3 Å². The zero-order valence-electron chi connectivity index (χ0n) is 21.6. The lowest BCUT2D eigenvalue weighted by Gasteiger charge is -2.37. The van der Waals surface area contributed by atoms with Crippen LogP contribution in [0.2, 0.25) is 5.02 Å². The molecule has 5 rings (SSSR count). The zero-order chi connectivity index (χ0) is 28.9. The number of nitrogens with zero attached hydrogens (tertiary/aromatic N) is 3. The molecule has 3 aromatic carbocycles. The summed E-state index contributed by atoms with van der Waals surface area (Å²) in [7, 11) is 0. The minimum absolute atomic E-state index is 0.0421. The summed E-state index contributed by atoms with van der Waals surface area (Å²) in [6, 6.07) is 23.4. The van der Waals surface area contributed by atoms with E-state index in [1.54, 1.807) is 42.5 Å². The molecule has 0 atom stereocenters. The number of furan rings is 1. The Bertz CT molecular complexity index is 1620. The quantitative estimate of drug-likeness (QED) is 0.169. The summed E-state index contributed by atoms with van der Waals surface area (Å²) >= 11 is 11.3. The molecular weight excluding hydrogens is 566 g/mol. The fourth-order valence-corrected chi connectivity index (χ4v) is 4.87. The molecule has 1 fully saturated rings. The maximum atomic E-state index is 12.9. The third kappa shape index (κ3) is 6.37. The molecule has 1 aliphatic heterocycles. The number of nitro benzene ring substituents is 1. The number of nitrogens with one attached hydrogen (secondary N) is 2. The van der Waals surface area contributed by atoms with Crippen molar-refractivity contribution in [1.82, 2.24) is 10.2 Å². The largest absolute Gasteiger partial charge is 0.451 e. The molecule has 2 amide bonds. The average Bonchev–Trinajstić information content (AvgIpc) is 3.48. The van der Waals surface area contributed by atoms with Gasteiger partial charge in [-0.25, -0.2) is 0 Å². The van der Waals surface area contributed by atoms with Crippen LogP contribution in [0.5, 0.6) is 0 Å². The molecule has 0 bridgehead atoms. The third-order valence-electron chi connectivity index (χ3n) is 6.57. The number of amides is 2. The Morgan fingerprint density at radius 1 is 0.902 bits per heavy atom. The molecule has 208 valence electrons. The molecule has 4 aromatic rings. The zero-order valence-corrected chi connectivity index (χ0v) is 23.2. The second-order valence-corrected chi connectivity index (χ2v) is 9.99. The van der Waals surface area contributed by atoms with Gasteiger partial charge >= 0.3 is 0 Å². The molecule has 41 heavy (non-hydrogen) atoms. The molecule has 1 aromatic heterocycles. The van der Waals surface area contributed by atoms with Crippen molar-refractivity contribution in [3.05, 3.63) is 111 Å². The highest BCUT2D eigenvalue weighted by Gasteiger charge is 2.24. The molecule has 12 heteroatoms. The van der Waals surface area contributed by atoms with Crippen molar-refractivity contribution in [3.63, 3.8) is 0 Å². The van der Waals surface area contributed by atoms with E-state index >= 15 is 0 Å². The standard InChI is InChI=1S/C29H24ClN5O5S/c30-20-11-9-19(10-12-20)28(37)34-17-15-33(16-18-34)24-8-4-2-6-22(24)31-29(41)32-27(36)26-14-13-25(40-26)21-5-1-3-7-23(21)35(38)39/h1-14H,15-18H2,(H2,31,32,36,41). The maximum Gasteiger partial charge on any atom is 0.293 e. The van der Waals surface area contributed by atoms with Gasteiger partial charge in [0.25, 0.3) is 17.5 Å². The Balaban J connectivity index is 1.21. The number of carbonyl (C=O) groups is 2. The number of thiocarbonyl (C=S) groups is 1. The smallest absolute Gasteiger partial charge is 0.293 e. The predicted molar refractivity (Wildman–Crippen MR) is 160 cm³/mol. The Morgan fingerprint density at radius 2 is 1.59 bits per heavy atom. The summed E-state index contributed by atoms with van der Waals surface area (Å²) in [6.45, 7) is 2.30. The van der Waals surface area contributed by atoms with Gasteiger partial charge in [0, 0.05) is 42.8 Å². The molecule has 2 heterocycles. The lowest BCUT2D eigenvalue weighted by Crippen LogP contribution is -2.49. The van der Waals surface area contributed by atoms with Crippen LogP contribution in [0.3, 0.4) is 0 Å². The van der Waals surface area contributed by atoms with E-state index in [1.165, 1.54) is 18.2 Å². The summed E-state index contributed by atoms with van der Waals surface area (Å²) in [5, 5.41) is 17.6. The van der Waals surface area contributed by atoms with Gasteiger partial charge in [-0.2, -0.15) is 0 Å². The van der Waals surface area contributed by atoms with E-state index in [0.29, 0.717) is 42.5 Å². The van der Waals surface area contributed by atoms with Gasteiger partial charge in [-0.1, -0.05) is 35.9 Å². The van der Waals surface area contributed by atoms with E-state index in [0.717, 1.165) is 5.69 Å². The molecule has 0 saturated carbocycles. The van der Waals surface area contributed by atoms with Crippen LogP contribution in [-0.4, -0.2) is 52.9 Å². The van der Waals surface area contributed by atoms with Crippen LogP contribution < -0.4 is 15.5 Å². The molecule has 2 N–H and O–H groups in total. The van der Waals surface area contributed by atoms with Crippen molar-refractivity contribution in [2.24, 2.45) is 0 Å². The van der Waals surface area contributed by atoms with E-state index in [1.807, 2.05) is 29.2 Å². The molecule has 0 spiro atoms. The van der Waals surface area contributed by atoms with Gasteiger partial charge in [0.05, 0.1) is 21.9 Å². The van der Waals surface area contributed by atoms with Crippen molar-refractivity contribution in [3.8, 4) is 11.3 Å².